The first-order valence-electron chi connectivity index (χ1n) is 10.0. The molecule has 1 aromatic heterocycles. The van der Waals surface area contributed by atoms with Gasteiger partial charge in [-0.3, -0.25) is 9.59 Å². The Hall–Kier alpha value is -3.00. The minimum Gasteiger partial charge on any atom is -0.338 e. The van der Waals surface area contributed by atoms with Crippen molar-refractivity contribution in [2.75, 3.05) is 16.8 Å². The average molecular weight is 483 g/mol. The van der Waals surface area contributed by atoms with E-state index in [4.69, 9.17) is 4.52 Å². The fourth-order valence-corrected chi connectivity index (χ4v) is 3.88. The molecule has 0 spiro atoms. The molecule has 3 aromatic rings. The summed E-state index contributed by atoms with van der Waals surface area (Å²) in [4.78, 5) is 31.3. The Morgan fingerprint density at radius 1 is 1.16 bits per heavy atom. The van der Waals surface area contributed by atoms with Crippen molar-refractivity contribution in [1.29, 1.82) is 0 Å². The summed E-state index contributed by atoms with van der Waals surface area (Å²) in [5.41, 5.74) is 2.01. The van der Waals surface area contributed by atoms with E-state index in [-0.39, 0.29) is 23.7 Å². The second-order valence-electron chi connectivity index (χ2n) is 8.60. The Bertz CT molecular complexity index is 1120. The average Bonchev–Trinajstić information content (AvgIpc) is 3.36. The molecule has 8 heteroatoms. The summed E-state index contributed by atoms with van der Waals surface area (Å²) in [5.74, 6) is 0.430. The van der Waals surface area contributed by atoms with Crippen LogP contribution < -0.4 is 10.2 Å². The van der Waals surface area contributed by atoms with Gasteiger partial charge < -0.3 is 14.7 Å². The molecular weight excluding hydrogens is 460 g/mol. The molecule has 0 saturated carbocycles. The smallest absolute Gasteiger partial charge is 0.232 e. The van der Waals surface area contributed by atoms with Crippen molar-refractivity contribution >= 4 is 39.1 Å². The number of hydrogen-bond acceptors (Lipinski definition) is 5. The molecule has 0 aliphatic carbocycles. The number of nitrogens with zero attached hydrogens (tertiary/aromatic N) is 3. The number of para-hydroxylation sites is 1. The maximum Gasteiger partial charge on any atom is 0.232 e. The number of carbonyl (C=O) groups excluding carboxylic acids is 2. The molecular formula is C23H23BrN4O3. The fraction of sp³-hybridized carbons (Fsp3) is 0.304. The van der Waals surface area contributed by atoms with Gasteiger partial charge in [-0.2, -0.15) is 4.98 Å². The number of carbonyl (C=O) groups is 2. The Morgan fingerprint density at radius 2 is 1.87 bits per heavy atom. The second kappa shape index (κ2) is 8.26. The van der Waals surface area contributed by atoms with E-state index in [2.05, 4.69) is 31.4 Å². The molecule has 1 saturated heterocycles. The second-order valence-corrected chi connectivity index (χ2v) is 9.45. The first-order chi connectivity index (χ1) is 14.7. The molecule has 1 aliphatic heterocycles. The first-order valence-corrected chi connectivity index (χ1v) is 10.8. The number of nitrogens with one attached hydrogen (secondary N) is 1. The molecule has 2 amide bonds. The van der Waals surface area contributed by atoms with Crippen molar-refractivity contribution in [3.63, 3.8) is 0 Å². The van der Waals surface area contributed by atoms with Crippen molar-refractivity contribution in [2.24, 2.45) is 5.92 Å². The minimum absolute atomic E-state index is 0.0610. The van der Waals surface area contributed by atoms with Crippen LogP contribution in [0.5, 0.6) is 0 Å². The third-order valence-electron chi connectivity index (χ3n) is 5.12. The van der Waals surface area contributed by atoms with E-state index < -0.39 is 5.92 Å². The van der Waals surface area contributed by atoms with Crippen molar-refractivity contribution < 1.29 is 14.1 Å². The third kappa shape index (κ3) is 4.54. The van der Waals surface area contributed by atoms with Crippen LogP contribution >= 0.6 is 15.9 Å². The number of anilines is 2. The molecule has 1 aliphatic rings. The molecule has 1 atom stereocenters. The van der Waals surface area contributed by atoms with Crippen LogP contribution in [0, 0.1) is 5.92 Å². The van der Waals surface area contributed by atoms with Crippen LogP contribution in [-0.4, -0.2) is 28.5 Å². The fourth-order valence-electron chi connectivity index (χ4n) is 3.38. The lowest BCUT2D eigenvalue weighted by Gasteiger charge is -2.18. The van der Waals surface area contributed by atoms with Gasteiger partial charge in [-0.25, -0.2) is 0 Å². The normalized spacial score (nSPS) is 16.6. The van der Waals surface area contributed by atoms with Crippen LogP contribution in [0.25, 0.3) is 11.4 Å². The third-order valence-corrected chi connectivity index (χ3v) is 5.79. The molecule has 4 rings (SSSR count). The quantitative estimate of drug-likeness (QED) is 0.577. The van der Waals surface area contributed by atoms with Gasteiger partial charge in [-0.1, -0.05) is 38.1 Å². The summed E-state index contributed by atoms with van der Waals surface area (Å²) in [5, 5.41) is 6.94. The summed E-state index contributed by atoms with van der Waals surface area (Å²) in [6, 6.07) is 14.8. The highest BCUT2D eigenvalue weighted by Crippen LogP contribution is 2.32. The molecule has 2 aromatic carbocycles. The predicted molar refractivity (Wildman–Crippen MR) is 122 cm³/mol. The molecule has 1 N–H and O–H groups in total. The summed E-state index contributed by atoms with van der Waals surface area (Å²) in [7, 11) is 0. The van der Waals surface area contributed by atoms with E-state index in [0.29, 0.717) is 23.9 Å². The van der Waals surface area contributed by atoms with Crippen LogP contribution in [0.1, 0.15) is 33.1 Å². The molecule has 2 heterocycles. The molecule has 0 radical (unpaired) electrons. The Balaban J connectivity index is 1.42. The van der Waals surface area contributed by atoms with E-state index in [0.717, 1.165) is 15.7 Å². The number of amides is 2. The zero-order valence-electron chi connectivity index (χ0n) is 17.6. The van der Waals surface area contributed by atoms with Crippen molar-refractivity contribution in [3.8, 4) is 11.4 Å². The highest BCUT2D eigenvalue weighted by atomic mass is 79.9. The zero-order chi connectivity index (χ0) is 22.2. The number of benzene rings is 2. The number of aromatic nitrogens is 2. The van der Waals surface area contributed by atoms with Crippen molar-refractivity contribution in [2.45, 2.75) is 32.6 Å². The summed E-state index contributed by atoms with van der Waals surface area (Å²) in [6.07, 6.45) is 0.184. The van der Waals surface area contributed by atoms with Gasteiger partial charge in [-0.05, 0) is 52.3 Å². The maximum atomic E-state index is 12.7. The standard InChI is InChI=1S/C23H23BrN4O3/c1-23(2,3)22-26-20(27-31-22)14-8-10-16(11-9-14)25-21(30)15-12-19(29)28(13-15)18-7-5-4-6-17(18)24/h4-11,15H,12-13H2,1-3H3,(H,25,30). The number of rotatable bonds is 4. The van der Waals surface area contributed by atoms with E-state index in [1.807, 2.05) is 57.2 Å². The predicted octanol–water partition coefficient (Wildman–Crippen LogP) is 4.79. The van der Waals surface area contributed by atoms with Crippen LogP contribution in [0.3, 0.4) is 0 Å². The van der Waals surface area contributed by atoms with Gasteiger partial charge in [0.25, 0.3) is 0 Å². The molecule has 1 fully saturated rings. The summed E-state index contributed by atoms with van der Waals surface area (Å²) >= 11 is 3.47. The molecule has 31 heavy (non-hydrogen) atoms. The van der Waals surface area contributed by atoms with Crippen LogP contribution in [0.2, 0.25) is 0 Å². The van der Waals surface area contributed by atoms with E-state index in [1.54, 1.807) is 17.0 Å². The Labute approximate surface area is 189 Å². The highest BCUT2D eigenvalue weighted by molar-refractivity contribution is 9.10. The van der Waals surface area contributed by atoms with Gasteiger partial charge in [0.2, 0.25) is 23.5 Å². The van der Waals surface area contributed by atoms with E-state index in [9.17, 15) is 9.59 Å². The van der Waals surface area contributed by atoms with E-state index >= 15 is 0 Å². The Morgan fingerprint density at radius 3 is 2.52 bits per heavy atom. The van der Waals surface area contributed by atoms with Crippen LogP contribution in [-0.2, 0) is 15.0 Å². The number of hydrogen-bond donors (Lipinski definition) is 1. The topological polar surface area (TPSA) is 88.3 Å². The zero-order valence-corrected chi connectivity index (χ0v) is 19.1. The Kier molecular flexibility index (Phi) is 5.66. The lowest BCUT2D eigenvalue weighted by molar-refractivity contribution is -0.122. The van der Waals surface area contributed by atoms with Crippen LogP contribution in [0.15, 0.2) is 57.5 Å². The summed E-state index contributed by atoms with van der Waals surface area (Å²) < 4.78 is 6.17. The molecule has 160 valence electrons. The van der Waals surface area contributed by atoms with E-state index in [1.165, 1.54) is 0 Å². The van der Waals surface area contributed by atoms with Crippen molar-refractivity contribution in [3.05, 3.63) is 58.9 Å². The SMILES string of the molecule is CC(C)(C)c1nc(-c2ccc(NC(=O)C3CC(=O)N(c4ccccc4Br)C3)cc2)no1. The van der Waals surface area contributed by atoms with Gasteiger partial charge in [0.15, 0.2) is 0 Å². The molecule has 1 unspecified atom stereocenters. The largest absolute Gasteiger partial charge is 0.338 e. The lowest BCUT2D eigenvalue weighted by Crippen LogP contribution is -2.28. The first kappa shape index (κ1) is 21.2. The lowest BCUT2D eigenvalue weighted by atomic mass is 9.97. The van der Waals surface area contributed by atoms with Gasteiger partial charge in [0, 0.05) is 34.1 Å². The minimum atomic E-state index is -0.411. The highest BCUT2D eigenvalue weighted by Gasteiger charge is 2.35. The monoisotopic (exact) mass is 482 g/mol. The van der Waals surface area contributed by atoms with Crippen LogP contribution in [0.4, 0.5) is 11.4 Å². The number of halogens is 1. The molecule has 7 nitrogen and oxygen atoms in total. The summed E-state index contributed by atoms with van der Waals surface area (Å²) in [6.45, 7) is 6.38. The van der Waals surface area contributed by atoms with Gasteiger partial charge in [0.1, 0.15) is 0 Å². The maximum absolute atomic E-state index is 12.7. The van der Waals surface area contributed by atoms with Crippen molar-refractivity contribution in [1.82, 2.24) is 10.1 Å². The molecule has 0 bridgehead atoms. The van der Waals surface area contributed by atoms with Gasteiger partial charge in [-0.15, -0.1) is 0 Å². The van der Waals surface area contributed by atoms with Gasteiger partial charge in [0.05, 0.1) is 11.6 Å². The van der Waals surface area contributed by atoms with Gasteiger partial charge >= 0.3 is 0 Å².